The number of amides is 1. The van der Waals surface area contributed by atoms with Crippen LogP contribution in [0.5, 0.6) is 0 Å². The highest BCUT2D eigenvalue weighted by Crippen LogP contribution is 2.37. The maximum Gasteiger partial charge on any atom is 0.257 e. The number of carbonyl (C=O) groups is 1. The van der Waals surface area contributed by atoms with Crippen molar-refractivity contribution in [1.29, 1.82) is 0 Å². The van der Waals surface area contributed by atoms with Crippen LogP contribution in [0.15, 0.2) is 24.3 Å². The second kappa shape index (κ2) is 6.92. The molecule has 4 rings (SSSR count). The molecule has 1 aromatic carbocycles. The highest BCUT2D eigenvalue weighted by atomic mass is 16.5. The van der Waals surface area contributed by atoms with Crippen LogP contribution in [-0.2, 0) is 4.74 Å². The van der Waals surface area contributed by atoms with Gasteiger partial charge in [0.05, 0.1) is 17.6 Å². The van der Waals surface area contributed by atoms with Crippen LogP contribution in [0.25, 0.3) is 22.2 Å². The fourth-order valence-corrected chi connectivity index (χ4v) is 3.79. The molecular weight excluding hydrogens is 330 g/mol. The Morgan fingerprint density at radius 1 is 1.27 bits per heavy atom. The second-order valence-corrected chi connectivity index (χ2v) is 6.70. The first-order chi connectivity index (χ1) is 12.7. The van der Waals surface area contributed by atoms with Crippen molar-refractivity contribution in [3.63, 3.8) is 0 Å². The number of ether oxygens (including phenoxy) is 1. The zero-order valence-corrected chi connectivity index (χ0v) is 14.9. The Bertz CT molecular complexity index is 959. The molecule has 7 heteroatoms. The van der Waals surface area contributed by atoms with Crippen molar-refractivity contribution < 1.29 is 9.53 Å². The number of benzene rings is 1. The van der Waals surface area contributed by atoms with Gasteiger partial charge in [0.1, 0.15) is 16.9 Å². The van der Waals surface area contributed by atoms with E-state index in [1.54, 1.807) is 7.11 Å². The number of rotatable bonds is 5. The van der Waals surface area contributed by atoms with Gasteiger partial charge in [0.25, 0.3) is 5.91 Å². The fraction of sp³-hybridized carbons (Fsp3) is 0.421. The third-order valence-electron chi connectivity index (χ3n) is 5.04. The minimum Gasteiger partial charge on any atom is -0.384 e. The number of fused-ring (bicyclic) bond motifs is 2. The van der Waals surface area contributed by atoms with Gasteiger partial charge >= 0.3 is 0 Å². The molecule has 0 bridgehead atoms. The molecule has 3 aromatic rings. The van der Waals surface area contributed by atoms with Gasteiger partial charge in [-0.25, -0.2) is 9.97 Å². The Kier molecular flexibility index (Phi) is 4.46. The van der Waals surface area contributed by atoms with Crippen molar-refractivity contribution in [2.75, 3.05) is 26.0 Å². The number of anilines is 1. The van der Waals surface area contributed by atoms with Gasteiger partial charge in [-0.3, -0.25) is 4.79 Å². The molecule has 0 atom stereocenters. The van der Waals surface area contributed by atoms with E-state index in [4.69, 9.17) is 20.4 Å². The molecule has 0 aliphatic heterocycles. The third kappa shape index (κ3) is 2.78. The molecule has 1 saturated carbocycles. The molecule has 136 valence electrons. The molecule has 1 fully saturated rings. The maximum absolute atomic E-state index is 12.8. The normalized spacial score (nSPS) is 15.1. The average molecular weight is 353 g/mol. The van der Waals surface area contributed by atoms with E-state index >= 15 is 0 Å². The lowest BCUT2D eigenvalue weighted by atomic mass is 10.2. The number of hydrogen-bond acceptors (Lipinski definition) is 5. The first-order valence-electron chi connectivity index (χ1n) is 9.04. The average Bonchev–Trinajstić information content (AvgIpc) is 3.25. The summed E-state index contributed by atoms with van der Waals surface area (Å²) in [5, 5.41) is 2.86. The number of nitrogens with zero attached hydrogens (tertiary/aromatic N) is 3. The van der Waals surface area contributed by atoms with Gasteiger partial charge in [0.15, 0.2) is 5.65 Å². The number of nitrogens with one attached hydrogen (secondary N) is 1. The molecule has 3 N–H and O–H groups in total. The molecule has 1 amide bonds. The summed E-state index contributed by atoms with van der Waals surface area (Å²) < 4.78 is 7.03. The smallest absolute Gasteiger partial charge is 0.257 e. The lowest BCUT2D eigenvalue weighted by Gasteiger charge is -2.15. The van der Waals surface area contributed by atoms with E-state index in [9.17, 15) is 4.79 Å². The molecule has 2 heterocycles. The molecule has 2 aromatic heterocycles. The van der Waals surface area contributed by atoms with Crippen LogP contribution in [0, 0.1) is 0 Å². The molecule has 0 radical (unpaired) electrons. The Labute approximate surface area is 151 Å². The van der Waals surface area contributed by atoms with E-state index < -0.39 is 0 Å². The molecule has 0 unspecified atom stereocenters. The van der Waals surface area contributed by atoms with Gasteiger partial charge in [-0.1, -0.05) is 25.0 Å². The fourth-order valence-electron chi connectivity index (χ4n) is 3.79. The number of nitrogen functional groups attached to an aromatic ring is 1. The van der Waals surface area contributed by atoms with E-state index in [0.717, 1.165) is 23.9 Å². The Morgan fingerprint density at radius 3 is 2.65 bits per heavy atom. The van der Waals surface area contributed by atoms with E-state index in [2.05, 4.69) is 5.32 Å². The predicted molar refractivity (Wildman–Crippen MR) is 101 cm³/mol. The summed E-state index contributed by atoms with van der Waals surface area (Å²) in [4.78, 5) is 22.3. The minimum atomic E-state index is -0.231. The standard InChI is InChI=1S/C19H23N5O2/c1-26-11-10-21-19(25)15-16-18(23-14-9-5-4-8-13(14)22-16)24(17(15)20)12-6-2-3-7-12/h4-5,8-9,12H,2-3,6-7,10-11,20H2,1H3,(H,21,25). The summed E-state index contributed by atoms with van der Waals surface area (Å²) in [6, 6.07) is 7.96. The largest absolute Gasteiger partial charge is 0.384 e. The van der Waals surface area contributed by atoms with Crippen molar-refractivity contribution >= 4 is 33.9 Å². The quantitative estimate of drug-likeness (QED) is 0.688. The first-order valence-corrected chi connectivity index (χ1v) is 9.04. The maximum atomic E-state index is 12.8. The zero-order chi connectivity index (χ0) is 18.1. The lowest BCUT2D eigenvalue weighted by molar-refractivity contribution is 0.0939. The first kappa shape index (κ1) is 16.8. The van der Waals surface area contributed by atoms with Gasteiger partial charge in [0, 0.05) is 19.7 Å². The van der Waals surface area contributed by atoms with Gasteiger partial charge in [0.2, 0.25) is 0 Å². The molecule has 26 heavy (non-hydrogen) atoms. The van der Waals surface area contributed by atoms with E-state index in [1.165, 1.54) is 12.8 Å². The zero-order valence-electron chi connectivity index (χ0n) is 14.9. The number of hydrogen-bond donors (Lipinski definition) is 2. The van der Waals surface area contributed by atoms with Crippen LogP contribution in [0.3, 0.4) is 0 Å². The van der Waals surface area contributed by atoms with Crippen LogP contribution < -0.4 is 11.1 Å². The number of methoxy groups -OCH3 is 1. The van der Waals surface area contributed by atoms with Crippen molar-refractivity contribution in [3.05, 3.63) is 29.8 Å². The summed E-state index contributed by atoms with van der Waals surface area (Å²) in [7, 11) is 1.60. The summed E-state index contributed by atoms with van der Waals surface area (Å²) >= 11 is 0. The molecule has 0 spiro atoms. The van der Waals surface area contributed by atoms with Crippen molar-refractivity contribution in [2.24, 2.45) is 0 Å². The van der Waals surface area contributed by atoms with Crippen LogP contribution in [0.1, 0.15) is 42.1 Å². The van der Waals surface area contributed by atoms with Gasteiger partial charge < -0.3 is 20.4 Å². The third-order valence-corrected chi connectivity index (χ3v) is 5.04. The van der Waals surface area contributed by atoms with Crippen molar-refractivity contribution in [1.82, 2.24) is 19.9 Å². The number of carbonyl (C=O) groups excluding carboxylic acids is 1. The Balaban J connectivity index is 1.90. The number of para-hydroxylation sites is 2. The number of nitrogens with two attached hydrogens (primary N) is 1. The van der Waals surface area contributed by atoms with Crippen LogP contribution in [0.4, 0.5) is 5.82 Å². The highest BCUT2D eigenvalue weighted by Gasteiger charge is 2.28. The van der Waals surface area contributed by atoms with Crippen LogP contribution in [-0.4, -0.2) is 40.7 Å². The van der Waals surface area contributed by atoms with E-state index in [-0.39, 0.29) is 11.9 Å². The van der Waals surface area contributed by atoms with Crippen LogP contribution >= 0.6 is 0 Å². The Hall–Kier alpha value is -2.67. The number of aromatic nitrogens is 3. The predicted octanol–water partition coefficient (Wildman–Crippen LogP) is 2.66. The van der Waals surface area contributed by atoms with E-state index in [0.29, 0.717) is 35.7 Å². The Morgan fingerprint density at radius 2 is 1.96 bits per heavy atom. The van der Waals surface area contributed by atoms with Crippen molar-refractivity contribution in [2.45, 2.75) is 31.7 Å². The lowest BCUT2D eigenvalue weighted by Crippen LogP contribution is -2.27. The van der Waals surface area contributed by atoms with Gasteiger partial charge in [-0.05, 0) is 25.0 Å². The molecular formula is C19H23N5O2. The summed E-state index contributed by atoms with van der Waals surface area (Å²) in [6.07, 6.45) is 4.43. The minimum absolute atomic E-state index is 0.231. The summed E-state index contributed by atoms with van der Waals surface area (Å²) in [5.74, 6) is 0.225. The summed E-state index contributed by atoms with van der Waals surface area (Å²) in [6.45, 7) is 0.868. The molecule has 1 aliphatic rings. The van der Waals surface area contributed by atoms with E-state index in [1.807, 2.05) is 28.8 Å². The molecule has 1 aliphatic carbocycles. The monoisotopic (exact) mass is 353 g/mol. The van der Waals surface area contributed by atoms with Gasteiger partial charge in [-0.15, -0.1) is 0 Å². The topological polar surface area (TPSA) is 95.1 Å². The molecule has 0 saturated heterocycles. The molecule has 7 nitrogen and oxygen atoms in total. The second-order valence-electron chi connectivity index (χ2n) is 6.70. The highest BCUT2D eigenvalue weighted by molar-refractivity contribution is 6.10. The SMILES string of the molecule is COCCNC(=O)c1c(N)n(C2CCCC2)c2nc3ccccc3nc12. The van der Waals surface area contributed by atoms with Crippen LogP contribution in [0.2, 0.25) is 0 Å². The summed E-state index contributed by atoms with van der Waals surface area (Å²) in [5.41, 5.74) is 9.71. The van der Waals surface area contributed by atoms with Crippen molar-refractivity contribution in [3.8, 4) is 0 Å². The van der Waals surface area contributed by atoms with Gasteiger partial charge in [-0.2, -0.15) is 0 Å².